The molecule has 2 aliphatic carbocycles. The molecular formula is C20H31N3O2. The van der Waals surface area contributed by atoms with Crippen LogP contribution in [0.2, 0.25) is 0 Å². The first-order chi connectivity index (χ1) is 12.2. The van der Waals surface area contributed by atoms with Gasteiger partial charge in [-0.2, -0.15) is 0 Å². The molecule has 0 saturated heterocycles. The van der Waals surface area contributed by atoms with E-state index in [9.17, 15) is 4.79 Å². The quantitative estimate of drug-likeness (QED) is 0.761. The van der Waals surface area contributed by atoms with Crippen molar-refractivity contribution in [2.75, 3.05) is 20.1 Å². The Morgan fingerprint density at radius 3 is 2.60 bits per heavy atom. The summed E-state index contributed by atoms with van der Waals surface area (Å²) in [5, 5.41) is 6.55. The lowest BCUT2D eigenvalue weighted by Crippen LogP contribution is -2.53. The first-order valence-corrected chi connectivity index (χ1v) is 9.61. The van der Waals surface area contributed by atoms with Crippen LogP contribution in [0.1, 0.15) is 44.1 Å². The smallest absolute Gasteiger partial charge is 0.407 e. The Morgan fingerprint density at radius 1 is 1.16 bits per heavy atom. The highest BCUT2D eigenvalue weighted by molar-refractivity contribution is 5.67. The summed E-state index contributed by atoms with van der Waals surface area (Å²) >= 11 is 0. The number of benzene rings is 1. The summed E-state index contributed by atoms with van der Waals surface area (Å²) in [6.45, 7) is 2.47. The van der Waals surface area contributed by atoms with Gasteiger partial charge in [-0.25, -0.2) is 4.79 Å². The second-order valence-electron chi connectivity index (χ2n) is 7.44. The van der Waals surface area contributed by atoms with Crippen LogP contribution in [0.5, 0.6) is 0 Å². The van der Waals surface area contributed by atoms with Gasteiger partial charge in [0.05, 0.1) is 0 Å². The Bertz CT molecular complexity index is 525. The van der Waals surface area contributed by atoms with Gasteiger partial charge in [-0.15, -0.1) is 0 Å². The van der Waals surface area contributed by atoms with Crippen molar-refractivity contribution in [1.29, 1.82) is 0 Å². The Morgan fingerprint density at radius 2 is 1.88 bits per heavy atom. The molecular weight excluding hydrogens is 314 g/mol. The normalized spacial score (nSPS) is 23.4. The number of alkyl carbamates (subject to hydrolysis) is 1. The van der Waals surface area contributed by atoms with Crippen LogP contribution < -0.4 is 10.6 Å². The van der Waals surface area contributed by atoms with Crippen molar-refractivity contribution in [2.24, 2.45) is 0 Å². The number of carbonyl (C=O) groups is 1. The van der Waals surface area contributed by atoms with Gasteiger partial charge in [-0.05, 0) is 38.3 Å². The Kier molecular flexibility index (Phi) is 6.70. The van der Waals surface area contributed by atoms with Crippen molar-refractivity contribution in [3.63, 3.8) is 0 Å². The third-order valence-electron chi connectivity index (χ3n) is 5.52. The number of nitrogens with one attached hydrogen (secondary N) is 2. The zero-order chi connectivity index (χ0) is 17.5. The van der Waals surface area contributed by atoms with Crippen LogP contribution in [0.15, 0.2) is 30.3 Å². The molecule has 0 aromatic heterocycles. The summed E-state index contributed by atoms with van der Waals surface area (Å²) in [5.74, 6) is 0. The molecule has 1 aromatic rings. The van der Waals surface area contributed by atoms with Crippen molar-refractivity contribution < 1.29 is 9.53 Å². The van der Waals surface area contributed by atoms with Gasteiger partial charge >= 0.3 is 6.09 Å². The Labute approximate surface area is 151 Å². The lowest BCUT2D eigenvalue weighted by atomic mass is 9.87. The van der Waals surface area contributed by atoms with Crippen molar-refractivity contribution in [2.45, 2.75) is 63.3 Å². The van der Waals surface area contributed by atoms with E-state index in [1.165, 1.54) is 25.7 Å². The summed E-state index contributed by atoms with van der Waals surface area (Å²) < 4.78 is 5.26. The number of nitrogens with zero attached hydrogens (tertiary/aromatic N) is 1. The summed E-state index contributed by atoms with van der Waals surface area (Å²) in [6, 6.07) is 11.3. The average molecular weight is 345 g/mol. The molecule has 138 valence electrons. The van der Waals surface area contributed by atoms with Crippen molar-refractivity contribution >= 4 is 6.09 Å². The average Bonchev–Trinajstić information content (AvgIpc) is 3.13. The fraction of sp³-hybridized carbons (Fsp3) is 0.650. The molecule has 5 nitrogen and oxygen atoms in total. The summed E-state index contributed by atoms with van der Waals surface area (Å²) in [4.78, 5) is 14.3. The summed E-state index contributed by atoms with van der Waals surface area (Å²) in [5.41, 5.74) is 1.01. The number of hydrogen-bond acceptors (Lipinski definition) is 4. The summed E-state index contributed by atoms with van der Waals surface area (Å²) in [6.07, 6.45) is 7.17. The molecule has 2 saturated carbocycles. The van der Waals surface area contributed by atoms with Crippen LogP contribution in [-0.4, -0.2) is 49.3 Å². The maximum Gasteiger partial charge on any atom is 0.407 e. The molecule has 0 spiro atoms. The molecule has 2 fully saturated rings. The van der Waals surface area contributed by atoms with Crippen LogP contribution in [0.4, 0.5) is 4.79 Å². The molecule has 5 heteroatoms. The van der Waals surface area contributed by atoms with Gasteiger partial charge in [-0.1, -0.05) is 43.2 Å². The number of amides is 1. The third-order valence-corrected chi connectivity index (χ3v) is 5.52. The van der Waals surface area contributed by atoms with Gasteiger partial charge < -0.3 is 20.3 Å². The van der Waals surface area contributed by atoms with Gasteiger partial charge in [0.25, 0.3) is 0 Å². The van der Waals surface area contributed by atoms with Gasteiger partial charge in [0.1, 0.15) is 6.61 Å². The molecule has 3 rings (SSSR count). The lowest BCUT2D eigenvalue weighted by Gasteiger charge is -2.36. The fourth-order valence-corrected chi connectivity index (χ4v) is 3.81. The predicted octanol–water partition coefficient (Wildman–Crippen LogP) is 2.91. The number of carbonyl (C=O) groups excluding carboxylic acids is 1. The highest BCUT2D eigenvalue weighted by atomic mass is 16.5. The van der Waals surface area contributed by atoms with Crippen molar-refractivity contribution in [3.05, 3.63) is 35.9 Å². The van der Waals surface area contributed by atoms with E-state index >= 15 is 0 Å². The number of rotatable bonds is 8. The predicted molar refractivity (Wildman–Crippen MR) is 99.5 cm³/mol. The number of hydrogen-bond donors (Lipinski definition) is 2. The van der Waals surface area contributed by atoms with Crippen molar-refractivity contribution in [3.8, 4) is 0 Å². The zero-order valence-corrected chi connectivity index (χ0v) is 15.2. The molecule has 2 aliphatic rings. The first kappa shape index (κ1) is 18.2. The van der Waals surface area contributed by atoms with E-state index in [4.69, 9.17) is 4.74 Å². The van der Waals surface area contributed by atoms with E-state index < -0.39 is 0 Å². The van der Waals surface area contributed by atoms with E-state index in [1.807, 2.05) is 30.3 Å². The van der Waals surface area contributed by atoms with Gasteiger partial charge in [0, 0.05) is 31.2 Å². The topological polar surface area (TPSA) is 53.6 Å². The van der Waals surface area contributed by atoms with Gasteiger partial charge in [0.2, 0.25) is 0 Å². The zero-order valence-electron chi connectivity index (χ0n) is 15.2. The monoisotopic (exact) mass is 345 g/mol. The maximum atomic E-state index is 11.8. The molecule has 0 bridgehead atoms. The lowest BCUT2D eigenvalue weighted by molar-refractivity contribution is 0.125. The Hall–Kier alpha value is -1.59. The second-order valence-corrected chi connectivity index (χ2v) is 7.44. The standard InChI is InChI=1S/C20H31N3O2/c1-23(19-9-5-6-10-19)12-11-21-17-13-18(14-17)22-20(24)25-15-16-7-3-2-4-8-16/h2-4,7-8,17-19,21H,5-6,9-15H2,1H3,(H,22,24). The molecule has 2 N–H and O–H groups in total. The number of likely N-dealkylation sites (N-methyl/N-ethyl adjacent to an activating group) is 1. The SMILES string of the molecule is CN(CCNC1CC(NC(=O)OCc2ccccc2)C1)C1CCCC1. The molecule has 1 amide bonds. The van der Waals surface area contributed by atoms with Crippen LogP contribution in [-0.2, 0) is 11.3 Å². The first-order valence-electron chi connectivity index (χ1n) is 9.61. The van der Waals surface area contributed by atoms with E-state index in [0.29, 0.717) is 12.6 Å². The minimum Gasteiger partial charge on any atom is -0.445 e. The second kappa shape index (κ2) is 9.20. The van der Waals surface area contributed by atoms with Crippen LogP contribution in [0.3, 0.4) is 0 Å². The minimum atomic E-state index is -0.312. The van der Waals surface area contributed by atoms with E-state index in [-0.39, 0.29) is 12.1 Å². The molecule has 0 heterocycles. The molecule has 1 aromatic carbocycles. The molecule has 0 aliphatic heterocycles. The molecule has 0 atom stereocenters. The van der Waals surface area contributed by atoms with E-state index in [1.54, 1.807) is 0 Å². The van der Waals surface area contributed by atoms with Crippen LogP contribution in [0, 0.1) is 0 Å². The highest BCUT2D eigenvalue weighted by Gasteiger charge is 2.30. The number of ether oxygens (including phenoxy) is 1. The van der Waals surface area contributed by atoms with Crippen LogP contribution >= 0.6 is 0 Å². The molecule has 0 unspecified atom stereocenters. The minimum absolute atomic E-state index is 0.244. The summed E-state index contributed by atoms with van der Waals surface area (Å²) in [7, 11) is 2.24. The highest BCUT2D eigenvalue weighted by Crippen LogP contribution is 2.22. The van der Waals surface area contributed by atoms with E-state index in [2.05, 4.69) is 22.6 Å². The van der Waals surface area contributed by atoms with E-state index in [0.717, 1.165) is 37.5 Å². The molecule has 0 radical (unpaired) electrons. The maximum absolute atomic E-state index is 11.8. The fourth-order valence-electron chi connectivity index (χ4n) is 3.81. The van der Waals surface area contributed by atoms with Crippen molar-refractivity contribution in [1.82, 2.24) is 15.5 Å². The van der Waals surface area contributed by atoms with Gasteiger partial charge in [-0.3, -0.25) is 0 Å². The van der Waals surface area contributed by atoms with Gasteiger partial charge in [0.15, 0.2) is 0 Å². The Balaban J connectivity index is 1.22. The molecule has 25 heavy (non-hydrogen) atoms. The largest absolute Gasteiger partial charge is 0.445 e. The third kappa shape index (κ3) is 5.72. The van der Waals surface area contributed by atoms with Crippen LogP contribution in [0.25, 0.3) is 0 Å².